The summed E-state index contributed by atoms with van der Waals surface area (Å²) in [6, 6.07) is 0. The van der Waals surface area contributed by atoms with Gasteiger partial charge in [0, 0.05) is 0 Å². The van der Waals surface area contributed by atoms with Crippen LogP contribution in [0.25, 0.3) is 0 Å². The minimum atomic E-state index is -0.211. The normalized spacial score (nSPS) is 17.1. The summed E-state index contributed by atoms with van der Waals surface area (Å²) >= 11 is 0. The van der Waals surface area contributed by atoms with Gasteiger partial charge in [-0.25, -0.2) is 0 Å². The Bertz CT molecular complexity index is 319. The Balaban J connectivity index is 5.16. The van der Waals surface area contributed by atoms with Crippen LogP contribution in [0.15, 0.2) is 12.2 Å². The zero-order valence-electron chi connectivity index (χ0n) is 14.5. The van der Waals surface area contributed by atoms with Gasteiger partial charge in [-0.3, -0.25) is 0 Å². The molecule has 0 spiro atoms. The van der Waals surface area contributed by atoms with Crippen LogP contribution in [0.4, 0.5) is 0 Å². The molecule has 0 aromatic carbocycles. The molecular weight excluding hydrogens is 246 g/mol. The largest absolute Gasteiger partial charge is 0.140 e. The third-order valence-corrected chi connectivity index (χ3v) is 5.60. The molecular formula is C17H34BP. The first-order valence-corrected chi connectivity index (χ1v) is 8.03. The fourth-order valence-electron chi connectivity index (χ4n) is 3.14. The van der Waals surface area contributed by atoms with Crippen molar-refractivity contribution in [2.24, 2.45) is 16.2 Å². The topological polar surface area (TPSA) is 0 Å². The molecule has 0 aliphatic carbocycles. The van der Waals surface area contributed by atoms with Gasteiger partial charge in [0.1, 0.15) is 0 Å². The summed E-state index contributed by atoms with van der Waals surface area (Å²) in [5.74, 6) is 0. The average molecular weight is 280 g/mol. The average Bonchev–Trinajstić information content (AvgIpc) is 2.12. The van der Waals surface area contributed by atoms with Gasteiger partial charge in [-0.1, -0.05) is 80.4 Å². The molecule has 0 amide bonds. The molecule has 0 saturated heterocycles. The fourth-order valence-corrected chi connectivity index (χ4v) is 3.53. The summed E-state index contributed by atoms with van der Waals surface area (Å²) in [7, 11) is 9.45. The molecule has 0 aliphatic rings. The van der Waals surface area contributed by atoms with Crippen LogP contribution in [0.2, 0.25) is 0 Å². The Hall–Kier alpha value is 0.235. The van der Waals surface area contributed by atoms with Crippen molar-refractivity contribution in [1.29, 1.82) is 0 Å². The smallest absolute Gasteiger partial charge is 0.0810 e. The minimum Gasteiger partial charge on any atom is -0.140 e. The summed E-state index contributed by atoms with van der Waals surface area (Å²) in [5, 5.41) is -0.211. The van der Waals surface area contributed by atoms with Gasteiger partial charge in [-0.15, -0.1) is 9.24 Å². The van der Waals surface area contributed by atoms with E-state index < -0.39 is 0 Å². The molecule has 19 heavy (non-hydrogen) atoms. The van der Waals surface area contributed by atoms with Gasteiger partial charge < -0.3 is 0 Å². The van der Waals surface area contributed by atoms with Crippen molar-refractivity contribution in [3.05, 3.63) is 12.2 Å². The highest BCUT2D eigenvalue weighted by Crippen LogP contribution is 2.51. The molecule has 0 heterocycles. The van der Waals surface area contributed by atoms with Crippen LogP contribution in [0.3, 0.4) is 0 Å². The number of rotatable bonds is 6. The van der Waals surface area contributed by atoms with Gasteiger partial charge in [0.2, 0.25) is 0 Å². The van der Waals surface area contributed by atoms with Gasteiger partial charge in [0.25, 0.3) is 0 Å². The van der Waals surface area contributed by atoms with Crippen LogP contribution in [0.5, 0.6) is 0 Å². The first-order valence-electron chi connectivity index (χ1n) is 7.45. The van der Waals surface area contributed by atoms with Crippen molar-refractivity contribution in [2.45, 2.75) is 79.7 Å². The second-order valence-electron chi connectivity index (χ2n) is 8.46. The van der Waals surface area contributed by atoms with Gasteiger partial charge >= 0.3 is 0 Å². The highest BCUT2D eigenvalue weighted by atomic mass is 31.0. The van der Waals surface area contributed by atoms with E-state index in [4.69, 9.17) is 7.85 Å². The second-order valence-corrected chi connectivity index (χ2v) is 9.49. The van der Waals surface area contributed by atoms with Crippen LogP contribution in [0, 0.1) is 16.2 Å². The molecule has 0 N–H and O–H groups in total. The summed E-state index contributed by atoms with van der Waals surface area (Å²) < 4.78 is 0. The Morgan fingerprint density at radius 3 is 1.79 bits per heavy atom. The van der Waals surface area contributed by atoms with Gasteiger partial charge in [0.05, 0.1) is 7.85 Å². The highest BCUT2D eigenvalue weighted by molar-refractivity contribution is 7.22. The minimum absolute atomic E-state index is 0.0609. The SMILES string of the molecule is [B]C(P)(CCC)C(C)(C)CC(C)(C)C(=C)C(C)(C)C. The molecule has 2 atom stereocenters. The Morgan fingerprint density at radius 2 is 1.47 bits per heavy atom. The predicted molar refractivity (Wildman–Crippen MR) is 93.9 cm³/mol. The lowest BCUT2D eigenvalue weighted by Crippen LogP contribution is -2.43. The maximum Gasteiger partial charge on any atom is 0.0810 e. The third kappa shape index (κ3) is 4.93. The van der Waals surface area contributed by atoms with Crippen LogP contribution < -0.4 is 0 Å². The predicted octanol–water partition coefficient (Wildman–Crippen LogP) is 5.57. The van der Waals surface area contributed by atoms with Crippen molar-refractivity contribution < 1.29 is 0 Å². The molecule has 2 radical (unpaired) electrons. The number of hydrogen-bond donors (Lipinski definition) is 0. The zero-order valence-corrected chi connectivity index (χ0v) is 15.6. The quantitative estimate of drug-likeness (QED) is 0.339. The van der Waals surface area contributed by atoms with E-state index in [0.717, 1.165) is 19.3 Å². The molecule has 2 unspecified atom stereocenters. The van der Waals surface area contributed by atoms with E-state index in [2.05, 4.69) is 71.2 Å². The van der Waals surface area contributed by atoms with E-state index in [0.29, 0.717) is 0 Å². The van der Waals surface area contributed by atoms with E-state index in [1.54, 1.807) is 0 Å². The molecule has 2 heteroatoms. The lowest BCUT2D eigenvalue weighted by Gasteiger charge is -2.48. The van der Waals surface area contributed by atoms with Crippen molar-refractivity contribution in [1.82, 2.24) is 0 Å². The fraction of sp³-hybridized carbons (Fsp3) is 0.882. The van der Waals surface area contributed by atoms with E-state index >= 15 is 0 Å². The Labute approximate surface area is 125 Å². The lowest BCUT2D eigenvalue weighted by atomic mass is 9.56. The van der Waals surface area contributed by atoms with E-state index in [-0.39, 0.29) is 21.3 Å². The van der Waals surface area contributed by atoms with Crippen molar-refractivity contribution in [3.8, 4) is 0 Å². The van der Waals surface area contributed by atoms with Crippen molar-refractivity contribution in [3.63, 3.8) is 0 Å². The molecule has 0 saturated carbocycles. The third-order valence-electron chi connectivity index (χ3n) is 4.53. The van der Waals surface area contributed by atoms with Crippen molar-refractivity contribution in [2.75, 3.05) is 0 Å². The van der Waals surface area contributed by atoms with E-state index in [1.165, 1.54) is 5.57 Å². The van der Waals surface area contributed by atoms with Crippen molar-refractivity contribution >= 4 is 17.1 Å². The highest BCUT2D eigenvalue weighted by Gasteiger charge is 2.42. The van der Waals surface area contributed by atoms with Gasteiger partial charge in [-0.2, -0.15) is 0 Å². The Morgan fingerprint density at radius 1 is 1.05 bits per heavy atom. The monoisotopic (exact) mass is 280 g/mol. The number of allylic oxidation sites excluding steroid dienone is 1. The molecule has 0 nitrogen and oxygen atoms in total. The summed E-state index contributed by atoms with van der Waals surface area (Å²) in [4.78, 5) is 0. The maximum absolute atomic E-state index is 6.55. The van der Waals surface area contributed by atoms with Crippen LogP contribution in [0.1, 0.15) is 74.7 Å². The maximum atomic E-state index is 6.55. The van der Waals surface area contributed by atoms with Crippen LogP contribution in [-0.4, -0.2) is 12.9 Å². The van der Waals surface area contributed by atoms with Crippen LogP contribution >= 0.6 is 9.24 Å². The summed E-state index contributed by atoms with van der Waals surface area (Å²) in [5.41, 5.74) is 1.61. The second kappa shape index (κ2) is 5.93. The number of hydrogen-bond acceptors (Lipinski definition) is 0. The van der Waals surface area contributed by atoms with Crippen LogP contribution in [-0.2, 0) is 0 Å². The summed E-state index contributed by atoms with van der Waals surface area (Å²) in [6.07, 6.45) is 3.20. The standard InChI is InChI=1S/C17H34BP/c1-10-11-17(18,19)16(8,9)12-15(6,7)13(2)14(3,4)5/h2,10-12,19H2,1,3-9H3. The first-order chi connectivity index (χ1) is 8.17. The molecule has 0 aromatic heterocycles. The Kier molecular flexibility index (Phi) is 6.00. The molecule has 0 aromatic rings. The van der Waals surface area contributed by atoms with Gasteiger partial charge in [-0.05, 0) is 27.7 Å². The lowest BCUT2D eigenvalue weighted by molar-refractivity contribution is 0.178. The molecule has 0 bridgehead atoms. The zero-order chi connectivity index (χ0) is 15.7. The van der Waals surface area contributed by atoms with E-state index in [9.17, 15) is 0 Å². The molecule has 110 valence electrons. The molecule has 0 rings (SSSR count). The summed E-state index contributed by atoms with van der Waals surface area (Å²) in [6.45, 7) is 22.5. The van der Waals surface area contributed by atoms with E-state index in [1.807, 2.05) is 0 Å². The van der Waals surface area contributed by atoms with Gasteiger partial charge in [0.15, 0.2) is 0 Å². The molecule has 0 aliphatic heterocycles. The first kappa shape index (κ1) is 19.2. The molecule has 0 fully saturated rings.